The van der Waals surface area contributed by atoms with Crippen LogP contribution < -0.4 is 9.64 Å². The molecule has 11 aromatic carbocycles. The Labute approximate surface area is 410 Å². The summed E-state index contributed by atoms with van der Waals surface area (Å²) < 4.78 is 12.7. The number of rotatable bonds is 6. The lowest BCUT2D eigenvalue weighted by Gasteiger charge is -2.41. The summed E-state index contributed by atoms with van der Waals surface area (Å²) in [6, 6.07) is 75.3. The highest BCUT2D eigenvalue weighted by atomic mass is 16.5. The average molecular weight is 913 g/mol. The molecular formula is C65H44N4O2. The van der Waals surface area contributed by atoms with Crippen molar-refractivity contribution in [3.8, 4) is 50.8 Å². The van der Waals surface area contributed by atoms with Crippen LogP contribution in [0.3, 0.4) is 0 Å². The molecule has 6 nitrogen and oxygen atoms in total. The summed E-state index contributed by atoms with van der Waals surface area (Å²) in [6.45, 7) is 4.67. The molecule has 1 aliphatic rings. The molecule has 0 atom stereocenters. The minimum Gasteiger partial charge on any atom is -0.497 e. The maximum atomic E-state index is 7.04. The van der Waals surface area contributed by atoms with E-state index in [1.165, 1.54) is 27.1 Å². The smallest absolute Gasteiger partial charge is 0.238 e. The Morgan fingerprint density at radius 1 is 0.380 bits per heavy atom. The molecule has 0 bridgehead atoms. The molecule has 0 radical (unpaired) electrons. The fourth-order valence-corrected chi connectivity index (χ4v) is 11.1. The van der Waals surface area contributed by atoms with E-state index in [9.17, 15) is 0 Å². The van der Waals surface area contributed by atoms with Gasteiger partial charge in [0.25, 0.3) is 0 Å². The first kappa shape index (κ1) is 40.9. The van der Waals surface area contributed by atoms with Gasteiger partial charge >= 0.3 is 0 Å². The lowest BCUT2D eigenvalue weighted by Crippen LogP contribution is -2.31. The Kier molecular flexibility index (Phi) is 9.05. The molecule has 13 aromatic rings. The van der Waals surface area contributed by atoms with Gasteiger partial charge in [0.05, 0.1) is 18.5 Å². The normalized spacial score (nSPS) is 13.1. The van der Waals surface area contributed by atoms with Crippen molar-refractivity contribution in [2.24, 2.45) is 0 Å². The van der Waals surface area contributed by atoms with E-state index in [0.29, 0.717) is 17.6 Å². The summed E-state index contributed by atoms with van der Waals surface area (Å²) in [4.78, 5) is 18.5. The standard InChI is InChI=1S/C65H44N4O2/c1-65(2)56-32-43-20-10-11-21-44(43)33-58(56)69(59-38-61-55(36-57(59)65)54-35-52-49-27-13-12-26-48(49)51-34-47(70-3)28-29-50(51)53(52)37-60(54)71-61)64-67-62(45-24-14-22-41(30-45)39-16-6-4-7-17-39)66-63(68-64)46-25-15-23-42(31-46)40-18-8-5-9-19-40/h4-38H,1-3H3. The zero-order valence-corrected chi connectivity index (χ0v) is 39.3. The molecule has 336 valence electrons. The second-order valence-corrected chi connectivity index (χ2v) is 19.2. The fourth-order valence-electron chi connectivity index (χ4n) is 11.1. The van der Waals surface area contributed by atoms with Gasteiger partial charge in [-0.05, 0) is 131 Å². The van der Waals surface area contributed by atoms with Gasteiger partial charge in [-0.3, -0.25) is 4.90 Å². The lowest BCUT2D eigenvalue weighted by molar-refractivity contribution is 0.415. The number of hydrogen-bond acceptors (Lipinski definition) is 6. The molecule has 71 heavy (non-hydrogen) atoms. The zero-order valence-electron chi connectivity index (χ0n) is 39.3. The van der Waals surface area contributed by atoms with Crippen LogP contribution in [0, 0.1) is 0 Å². The molecule has 0 aliphatic carbocycles. The van der Waals surface area contributed by atoms with Crippen molar-refractivity contribution < 1.29 is 9.15 Å². The van der Waals surface area contributed by atoms with Crippen molar-refractivity contribution >= 4 is 82.4 Å². The van der Waals surface area contributed by atoms with Crippen molar-refractivity contribution in [2.45, 2.75) is 19.3 Å². The summed E-state index contributed by atoms with van der Waals surface area (Å²) in [6.07, 6.45) is 0. The highest BCUT2D eigenvalue weighted by molar-refractivity contribution is 6.28. The van der Waals surface area contributed by atoms with Crippen molar-refractivity contribution in [3.63, 3.8) is 0 Å². The number of hydrogen-bond donors (Lipinski definition) is 0. The van der Waals surface area contributed by atoms with Crippen molar-refractivity contribution in [1.82, 2.24) is 15.0 Å². The minimum absolute atomic E-state index is 0.436. The number of fused-ring (bicyclic) bond motifs is 12. The molecule has 0 fully saturated rings. The summed E-state index contributed by atoms with van der Waals surface area (Å²) in [5, 5.41) is 11.4. The Bertz CT molecular complexity index is 4210. The second-order valence-electron chi connectivity index (χ2n) is 19.2. The quantitative estimate of drug-likeness (QED) is 0.155. The van der Waals surface area contributed by atoms with Gasteiger partial charge in [-0.25, -0.2) is 4.98 Å². The number of aromatic nitrogens is 3. The third-order valence-corrected chi connectivity index (χ3v) is 14.7. The molecule has 2 aromatic heterocycles. The maximum absolute atomic E-state index is 7.04. The monoisotopic (exact) mass is 912 g/mol. The van der Waals surface area contributed by atoms with E-state index in [0.717, 1.165) is 99.6 Å². The lowest BCUT2D eigenvalue weighted by atomic mass is 9.72. The van der Waals surface area contributed by atoms with Crippen LogP contribution in [0.4, 0.5) is 17.3 Å². The van der Waals surface area contributed by atoms with E-state index in [2.05, 4.69) is 213 Å². The number of furan rings is 1. The molecule has 0 saturated carbocycles. The average Bonchev–Trinajstić information content (AvgIpc) is 3.78. The molecule has 0 saturated heterocycles. The highest BCUT2D eigenvalue weighted by Gasteiger charge is 2.39. The van der Waals surface area contributed by atoms with Gasteiger partial charge in [0.2, 0.25) is 5.95 Å². The van der Waals surface area contributed by atoms with Gasteiger partial charge in [0, 0.05) is 33.4 Å². The molecule has 3 heterocycles. The number of benzene rings is 11. The highest BCUT2D eigenvalue weighted by Crippen LogP contribution is 2.54. The van der Waals surface area contributed by atoms with Crippen molar-refractivity contribution in [1.29, 1.82) is 0 Å². The van der Waals surface area contributed by atoms with Crippen LogP contribution in [0.15, 0.2) is 217 Å². The Morgan fingerprint density at radius 2 is 0.873 bits per heavy atom. The molecule has 14 rings (SSSR count). The molecule has 0 N–H and O–H groups in total. The molecule has 1 aliphatic heterocycles. The second kappa shape index (κ2) is 15.7. The SMILES string of the molecule is COc1ccc2c(c1)c1ccccc1c1cc3c(cc21)oc1cc2c(cc13)C(C)(C)c1cc3ccccc3cc1N2c1nc(-c2cccc(-c3ccccc3)c2)nc(-c2cccc(-c3ccccc3)c2)n1. The molecule has 0 amide bonds. The Balaban J connectivity index is 1.04. The van der Waals surface area contributed by atoms with Gasteiger partial charge in [0.1, 0.15) is 16.9 Å². The van der Waals surface area contributed by atoms with E-state index in [1.54, 1.807) is 7.11 Å². The zero-order chi connectivity index (χ0) is 47.4. The Morgan fingerprint density at radius 3 is 1.52 bits per heavy atom. The predicted molar refractivity (Wildman–Crippen MR) is 292 cm³/mol. The van der Waals surface area contributed by atoms with Crippen LogP contribution in [0.25, 0.3) is 110 Å². The Hall–Kier alpha value is -9.13. The maximum Gasteiger partial charge on any atom is 0.238 e. The van der Waals surface area contributed by atoms with Crippen molar-refractivity contribution in [3.05, 3.63) is 223 Å². The summed E-state index contributed by atoms with van der Waals surface area (Å²) in [7, 11) is 1.72. The number of methoxy groups -OCH3 is 1. The van der Waals surface area contributed by atoms with Crippen LogP contribution in [-0.4, -0.2) is 22.1 Å². The summed E-state index contributed by atoms with van der Waals surface area (Å²) >= 11 is 0. The van der Waals surface area contributed by atoms with Crippen LogP contribution in [0.5, 0.6) is 5.75 Å². The fraction of sp³-hybridized carbons (Fsp3) is 0.0615. The first-order chi connectivity index (χ1) is 34.9. The largest absolute Gasteiger partial charge is 0.497 e. The van der Waals surface area contributed by atoms with Gasteiger partial charge in [-0.15, -0.1) is 0 Å². The first-order valence-corrected chi connectivity index (χ1v) is 24.1. The molecule has 0 spiro atoms. The van der Waals surface area contributed by atoms with Crippen molar-refractivity contribution in [2.75, 3.05) is 12.0 Å². The van der Waals surface area contributed by atoms with E-state index in [4.69, 9.17) is 24.1 Å². The predicted octanol–water partition coefficient (Wildman–Crippen LogP) is 17.2. The van der Waals surface area contributed by atoms with E-state index in [1.807, 2.05) is 18.2 Å². The molecule has 6 heteroatoms. The van der Waals surface area contributed by atoms with E-state index >= 15 is 0 Å². The minimum atomic E-state index is -0.436. The third kappa shape index (κ3) is 6.52. The number of nitrogens with zero attached hydrogens (tertiary/aromatic N) is 4. The van der Waals surface area contributed by atoms with Gasteiger partial charge < -0.3 is 9.15 Å². The number of ether oxygens (including phenoxy) is 1. The molecule has 0 unspecified atom stereocenters. The van der Waals surface area contributed by atoms with Crippen LogP contribution in [-0.2, 0) is 5.41 Å². The van der Waals surface area contributed by atoms with Gasteiger partial charge in [0.15, 0.2) is 11.6 Å². The summed E-state index contributed by atoms with van der Waals surface area (Å²) in [5.41, 5.74) is 11.7. The van der Waals surface area contributed by atoms with Gasteiger partial charge in [-0.1, -0.05) is 166 Å². The molecular weight excluding hydrogens is 869 g/mol. The summed E-state index contributed by atoms with van der Waals surface area (Å²) in [5.74, 6) is 2.51. The van der Waals surface area contributed by atoms with Crippen LogP contribution in [0.1, 0.15) is 25.0 Å². The third-order valence-electron chi connectivity index (χ3n) is 14.7. The topological polar surface area (TPSA) is 64.3 Å². The van der Waals surface area contributed by atoms with Gasteiger partial charge in [-0.2, -0.15) is 9.97 Å². The van der Waals surface area contributed by atoms with E-state index < -0.39 is 5.41 Å². The first-order valence-electron chi connectivity index (χ1n) is 24.1. The van der Waals surface area contributed by atoms with E-state index in [-0.39, 0.29) is 0 Å². The van der Waals surface area contributed by atoms with Crippen LogP contribution >= 0.6 is 0 Å². The van der Waals surface area contributed by atoms with Crippen LogP contribution in [0.2, 0.25) is 0 Å². The number of anilines is 3.